The second kappa shape index (κ2) is 3.78. The number of hydrogen-bond acceptors (Lipinski definition) is 3. The van der Waals surface area contributed by atoms with Crippen LogP contribution < -0.4 is 5.73 Å². The molecule has 0 unspecified atom stereocenters. The zero-order chi connectivity index (χ0) is 9.26. The van der Waals surface area contributed by atoms with E-state index in [0.717, 1.165) is 23.1 Å². The fraction of sp³-hybridized carbons (Fsp3) is 0.333. The summed E-state index contributed by atoms with van der Waals surface area (Å²) in [4.78, 5) is 1.09. The van der Waals surface area contributed by atoms with Crippen molar-refractivity contribution in [2.75, 3.05) is 18.9 Å². The maximum absolute atomic E-state index is 6.01. The lowest BCUT2D eigenvalue weighted by atomic mass is 10.3. The Balaban J connectivity index is 2.10. The molecule has 0 radical (unpaired) electrons. The lowest BCUT2D eigenvalue weighted by Gasteiger charge is -2.25. The fourth-order valence-electron chi connectivity index (χ4n) is 1.07. The summed E-state index contributed by atoms with van der Waals surface area (Å²) >= 11 is 7.77. The molecule has 0 atom stereocenters. The minimum atomic E-state index is 0.557. The molecule has 70 valence electrons. The molecule has 1 aromatic carbocycles. The quantitative estimate of drug-likeness (QED) is 0.770. The first-order chi connectivity index (χ1) is 6.25. The average molecular weight is 216 g/mol. The average Bonchev–Trinajstić information content (AvgIpc) is 1.99. The first-order valence-electron chi connectivity index (χ1n) is 4.05. The molecule has 13 heavy (non-hydrogen) atoms. The van der Waals surface area contributed by atoms with Crippen LogP contribution >= 0.6 is 23.4 Å². The third-order valence-corrected chi connectivity index (χ3v) is 3.50. The molecule has 1 aromatic rings. The monoisotopic (exact) mass is 215 g/mol. The summed E-state index contributed by atoms with van der Waals surface area (Å²) in [6.45, 7) is 1.65. The van der Waals surface area contributed by atoms with Gasteiger partial charge in [-0.3, -0.25) is 0 Å². The van der Waals surface area contributed by atoms with Crippen molar-refractivity contribution in [2.45, 2.75) is 10.1 Å². The number of nitrogen functional groups attached to an aromatic ring is 1. The Hall–Kier alpha value is -0.380. The minimum Gasteiger partial charge on any atom is -0.399 e. The Kier molecular flexibility index (Phi) is 2.67. The van der Waals surface area contributed by atoms with E-state index in [2.05, 4.69) is 0 Å². The van der Waals surface area contributed by atoms with Gasteiger partial charge >= 0.3 is 0 Å². The molecule has 0 aromatic heterocycles. The molecule has 0 saturated carbocycles. The van der Waals surface area contributed by atoms with Crippen LogP contribution in [0, 0.1) is 0 Å². The molecule has 1 aliphatic rings. The van der Waals surface area contributed by atoms with E-state index < -0.39 is 0 Å². The summed E-state index contributed by atoms with van der Waals surface area (Å²) in [5, 5.41) is 1.29. The van der Waals surface area contributed by atoms with E-state index in [9.17, 15) is 0 Å². The number of ether oxygens (including phenoxy) is 1. The van der Waals surface area contributed by atoms with E-state index >= 15 is 0 Å². The SMILES string of the molecule is Nc1ccc(SC2COC2)c(Cl)c1. The largest absolute Gasteiger partial charge is 0.399 e. The van der Waals surface area contributed by atoms with E-state index in [1.807, 2.05) is 12.1 Å². The van der Waals surface area contributed by atoms with Crippen molar-refractivity contribution in [3.8, 4) is 0 Å². The van der Waals surface area contributed by atoms with Gasteiger partial charge in [0.2, 0.25) is 0 Å². The van der Waals surface area contributed by atoms with Crippen LogP contribution in [0.2, 0.25) is 5.02 Å². The van der Waals surface area contributed by atoms with E-state index in [1.54, 1.807) is 17.8 Å². The molecule has 0 spiro atoms. The van der Waals surface area contributed by atoms with Gasteiger partial charge < -0.3 is 10.5 Å². The molecule has 0 amide bonds. The number of rotatable bonds is 2. The number of anilines is 1. The predicted octanol–water partition coefficient (Wildman–Crippen LogP) is 2.41. The Morgan fingerprint density at radius 1 is 1.46 bits per heavy atom. The molecular formula is C9H10ClNOS. The topological polar surface area (TPSA) is 35.2 Å². The smallest absolute Gasteiger partial charge is 0.0611 e. The van der Waals surface area contributed by atoms with Gasteiger partial charge in [0.15, 0.2) is 0 Å². The summed E-state index contributed by atoms with van der Waals surface area (Å²) < 4.78 is 5.08. The van der Waals surface area contributed by atoms with Crippen LogP contribution in [-0.2, 0) is 4.74 Å². The van der Waals surface area contributed by atoms with Crippen molar-refractivity contribution in [2.24, 2.45) is 0 Å². The van der Waals surface area contributed by atoms with Gasteiger partial charge in [-0.1, -0.05) is 11.6 Å². The molecule has 2 nitrogen and oxygen atoms in total. The van der Waals surface area contributed by atoms with Gasteiger partial charge in [-0.25, -0.2) is 0 Å². The van der Waals surface area contributed by atoms with Crippen molar-refractivity contribution in [1.82, 2.24) is 0 Å². The number of halogens is 1. The molecular weight excluding hydrogens is 206 g/mol. The molecule has 1 aliphatic heterocycles. The van der Waals surface area contributed by atoms with Crippen molar-refractivity contribution in [3.63, 3.8) is 0 Å². The van der Waals surface area contributed by atoms with Crippen molar-refractivity contribution in [1.29, 1.82) is 0 Å². The zero-order valence-corrected chi connectivity index (χ0v) is 8.57. The highest BCUT2D eigenvalue weighted by molar-refractivity contribution is 8.00. The zero-order valence-electron chi connectivity index (χ0n) is 7.00. The Labute approximate surface area is 86.4 Å². The normalized spacial score (nSPS) is 17.0. The lowest BCUT2D eigenvalue weighted by molar-refractivity contribution is 0.0455. The van der Waals surface area contributed by atoms with Crippen LogP contribution in [0.25, 0.3) is 0 Å². The molecule has 1 saturated heterocycles. The highest BCUT2D eigenvalue weighted by Crippen LogP contribution is 2.34. The van der Waals surface area contributed by atoms with Crippen LogP contribution in [0.15, 0.2) is 23.1 Å². The second-order valence-electron chi connectivity index (χ2n) is 2.97. The molecule has 0 aliphatic carbocycles. The standard InChI is InChI=1S/C9H10ClNOS/c10-8-3-6(11)1-2-9(8)13-7-4-12-5-7/h1-3,7H,4-5,11H2. The van der Waals surface area contributed by atoms with E-state index in [0.29, 0.717) is 10.9 Å². The van der Waals surface area contributed by atoms with Crippen LogP contribution in [0.5, 0.6) is 0 Å². The van der Waals surface area contributed by atoms with Crippen molar-refractivity contribution < 1.29 is 4.74 Å². The van der Waals surface area contributed by atoms with Gasteiger partial charge in [-0.05, 0) is 18.2 Å². The summed E-state index contributed by atoms with van der Waals surface area (Å²) in [5.41, 5.74) is 6.29. The van der Waals surface area contributed by atoms with Gasteiger partial charge in [-0.15, -0.1) is 11.8 Å². The van der Waals surface area contributed by atoms with Crippen molar-refractivity contribution >= 4 is 29.1 Å². The Morgan fingerprint density at radius 3 is 2.77 bits per heavy atom. The third-order valence-electron chi connectivity index (χ3n) is 1.86. The maximum Gasteiger partial charge on any atom is 0.0611 e. The third kappa shape index (κ3) is 2.10. The van der Waals surface area contributed by atoms with Gasteiger partial charge in [0.25, 0.3) is 0 Å². The van der Waals surface area contributed by atoms with Crippen LogP contribution in [0.1, 0.15) is 0 Å². The van der Waals surface area contributed by atoms with E-state index in [4.69, 9.17) is 22.1 Å². The molecule has 2 rings (SSSR count). The minimum absolute atomic E-state index is 0.557. The van der Waals surface area contributed by atoms with Gasteiger partial charge in [0, 0.05) is 10.6 Å². The van der Waals surface area contributed by atoms with E-state index in [1.165, 1.54) is 0 Å². The molecule has 2 N–H and O–H groups in total. The Bertz CT molecular complexity index is 314. The first-order valence-corrected chi connectivity index (χ1v) is 5.31. The van der Waals surface area contributed by atoms with Gasteiger partial charge in [0.1, 0.15) is 0 Å². The number of benzene rings is 1. The second-order valence-corrected chi connectivity index (χ2v) is 4.72. The maximum atomic E-state index is 6.01. The first kappa shape index (κ1) is 9.19. The number of thioether (sulfide) groups is 1. The van der Waals surface area contributed by atoms with Crippen LogP contribution in [-0.4, -0.2) is 18.5 Å². The summed E-state index contributed by atoms with van der Waals surface area (Å²) in [6, 6.07) is 5.61. The highest BCUT2D eigenvalue weighted by Gasteiger charge is 2.20. The van der Waals surface area contributed by atoms with Gasteiger partial charge in [0.05, 0.1) is 23.5 Å². The lowest BCUT2D eigenvalue weighted by Crippen LogP contribution is -2.30. The molecule has 1 heterocycles. The molecule has 0 bridgehead atoms. The predicted molar refractivity (Wildman–Crippen MR) is 56.3 cm³/mol. The van der Waals surface area contributed by atoms with Crippen LogP contribution in [0.3, 0.4) is 0 Å². The van der Waals surface area contributed by atoms with Crippen molar-refractivity contribution in [3.05, 3.63) is 23.2 Å². The highest BCUT2D eigenvalue weighted by atomic mass is 35.5. The molecule has 4 heteroatoms. The fourth-order valence-corrected chi connectivity index (χ4v) is 2.40. The summed E-state index contributed by atoms with van der Waals surface area (Å²) in [5.74, 6) is 0. The number of hydrogen-bond donors (Lipinski definition) is 1. The summed E-state index contributed by atoms with van der Waals surface area (Å²) in [6.07, 6.45) is 0. The number of nitrogens with two attached hydrogens (primary N) is 1. The van der Waals surface area contributed by atoms with Crippen LogP contribution in [0.4, 0.5) is 5.69 Å². The molecule has 1 fully saturated rings. The van der Waals surface area contributed by atoms with E-state index in [-0.39, 0.29) is 0 Å². The Morgan fingerprint density at radius 2 is 2.23 bits per heavy atom. The van der Waals surface area contributed by atoms with Gasteiger partial charge in [-0.2, -0.15) is 0 Å². The summed E-state index contributed by atoms with van der Waals surface area (Å²) in [7, 11) is 0.